The monoisotopic (exact) mass is 259 g/mol. The van der Waals surface area contributed by atoms with Crippen molar-refractivity contribution in [2.75, 3.05) is 25.6 Å². The molecule has 1 saturated heterocycles. The van der Waals surface area contributed by atoms with Crippen molar-refractivity contribution in [1.29, 1.82) is 0 Å². The Balaban J connectivity index is 2.31. The normalized spacial score (nSPS) is 24.4. The molecule has 6 heteroatoms. The zero-order valence-electron chi connectivity index (χ0n) is 9.10. The number of likely N-dealkylation sites (tertiary alicyclic amines) is 1. The van der Waals surface area contributed by atoms with Crippen LogP contribution in [0, 0.1) is 0 Å². The third-order valence-electron chi connectivity index (χ3n) is 2.82. The van der Waals surface area contributed by atoms with Gasteiger partial charge < -0.3 is 0 Å². The largest absolute Gasteiger partial charge is 0.522 e. The molecule has 1 heterocycles. The average Bonchev–Trinajstić information content (AvgIpc) is 2.41. The minimum absolute atomic E-state index is 0.195. The summed E-state index contributed by atoms with van der Waals surface area (Å²) in [5.74, 6) is 0.478. The van der Waals surface area contributed by atoms with Gasteiger partial charge in [-0.3, -0.25) is 9.64 Å². The van der Waals surface area contributed by atoms with Crippen molar-refractivity contribution < 1.29 is 17.9 Å². The lowest BCUT2D eigenvalue weighted by molar-refractivity contribution is -0.325. The Kier molecular flexibility index (Phi) is 5.86. The molecule has 1 aliphatic heterocycles. The van der Waals surface area contributed by atoms with Crippen molar-refractivity contribution in [3.8, 4) is 0 Å². The first kappa shape index (κ1) is 14.1. The van der Waals surface area contributed by atoms with Crippen molar-refractivity contribution in [3.63, 3.8) is 0 Å². The van der Waals surface area contributed by atoms with Crippen LogP contribution >= 0.6 is 11.6 Å². The van der Waals surface area contributed by atoms with Crippen LogP contribution < -0.4 is 0 Å². The molecule has 0 N–H and O–H groups in total. The fourth-order valence-electron chi connectivity index (χ4n) is 1.98. The van der Waals surface area contributed by atoms with E-state index < -0.39 is 6.36 Å². The molecule has 0 radical (unpaired) electrons. The van der Waals surface area contributed by atoms with E-state index in [2.05, 4.69) is 4.74 Å². The van der Waals surface area contributed by atoms with E-state index in [1.165, 1.54) is 0 Å². The van der Waals surface area contributed by atoms with Gasteiger partial charge in [0, 0.05) is 18.5 Å². The van der Waals surface area contributed by atoms with Gasteiger partial charge in [0.1, 0.15) is 0 Å². The Morgan fingerprint density at radius 1 is 1.25 bits per heavy atom. The Morgan fingerprint density at radius 3 is 2.62 bits per heavy atom. The van der Waals surface area contributed by atoms with Gasteiger partial charge in [0.2, 0.25) is 0 Å². The number of hydrogen-bond acceptors (Lipinski definition) is 2. The summed E-state index contributed by atoms with van der Waals surface area (Å²) in [6.45, 7) is 0.812. The highest BCUT2D eigenvalue weighted by molar-refractivity contribution is 6.18. The van der Waals surface area contributed by atoms with Crippen molar-refractivity contribution in [1.82, 2.24) is 4.90 Å². The molecule has 2 nitrogen and oxygen atoms in total. The van der Waals surface area contributed by atoms with Crippen LogP contribution in [0.2, 0.25) is 0 Å². The third kappa shape index (κ3) is 5.37. The number of ether oxygens (including phenoxy) is 1. The lowest BCUT2D eigenvalue weighted by Crippen LogP contribution is -2.39. The summed E-state index contributed by atoms with van der Waals surface area (Å²) in [5, 5.41) is 0. The summed E-state index contributed by atoms with van der Waals surface area (Å²) in [7, 11) is 0. The predicted molar refractivity (Wildman–Crippen MR) is 56.6 cm³/mol. The van der Waals surface area contributed by atoms with Crippen LogP contribution in [-0.2, 0) is 4.74 Å². The summed E-state index contributed by atoms with van der Waals surface area (Å²) in [6, 6.07) is 0.195. The first-order valence-corrected chi connectivity index (χ1v) is 6.07. The summed E-state index contributed by atoms with van der Waals surface area (Å²) in [5.41, 5.74) is 0. The number of halogens is 4. The summed E-state index contributed by atoms with van der Waals surface area (Å²) in [6.07, 6.45) is -0.296. The van der Waals surface area contributed by atoms with Gasteiger partial charge in [0.15, 0.2) is 0 Å². The smallest absolute Gasteiger partial charge is 0.297 e. The van der Waals surface area contributed by atoms with Crippen LogP contribution in [0.1, 0.15) is 25.7 Å². The molecule has 1 atom stereocenters. The van der Waals surface area contributed by atoms with Gasteiger partial charge in [-0.25, -0.2) is 0 Å². The second-order valence-electron chi connectivity index (χ2n) is 3.99. The Bertz CT molecular complexity index is 201. The predicted octanol–water partition coefficient (Wildman–Crippen LogP) is 3.01. The highest BCUT2D eigenvalue weighted by Crippen LogP contribution is 2.19. The maximum atomic E-state index is 11.8. The van der Waals surface area contributed by atoms with Crippen molar-refractivity contribution in [2.24, 2.45) is 0 Å². The average molecular weight is 260 g/mol. The SMILES string of the molecule is FC(F)(F)OCCN1CCCCCC1CCl. The minimum Gasteiger partial charge on any atom is -0.297 e. The molecule has 0 aromatic heterocycles. The van der Waals surface area contributed by atoms with E-state index in [9.17, 15) is 13.2 Å². The first-order chi connectivity index (χ1) is 7.53. The molecule has 0 aromatic carbocycles. The molecule has 0 amide bonds. The molecule has 96 valence electrons. The van der Waals surface area contributed by atoms with Gasteiger partial charge in [-0.15, -0.1) is 24.8 Å². The standard InChI is InChI=1S/C10H17ClF3NO/c11-8-9-4-2-1-3-5-15(9)6-7-16-10(12,13)14/h9H,1-8H2. The lowest BCUT2D eigenvalue weighted by Gasteiger charge is -2.28. The van der Waals surface area contributed by atoms with Crippen molar-refractivity contribution in [3.05, 3.63) is 0 Å². The molecular weight excluding hydrogens is 243 g/mol. The topological polar surface area (TPSA) is 12.5 Å². The molecule has 16 heavy (non-hydrogen) atoms. The Labute approximate surface area is 98.7 Å². The van der Waals surface area contributed by atoms with Gasteiger partial charge in [-0.2, -0.15) is 0 Å². The fourth-order valence-corrected chi connectivity index (χ4v) is 2.33. The van der Waals surface area contributed by atoms with E-state index in [4.69, 9.17) is 11.6 Å². The number of alkyl halides is 4. The van der Waals surface area contributed by atoms with Gasteiger partial charge in [0.25, 0.3) is 0 Å². The first-order valence-electron chi connectivity index (χ1n) is 5.53. The van der Waals surface area contributed by atoms with E-state index in [0.29, 0.717) is 12.4 Å². The highest BCUT2D eigenvalue weighted by Gasteiger charge is 2.29. The van der Waals surface area contributed by atoms with Crippen molar-refractivity contribution in [2.45, 2.75) is 38.1 Å². The second-order valence-corrected chi connectivity index (χ2v) is 4.30. The van der Waals surface area contributed by atoms with Gasteiger partial charge >= 0.3 is 6.36 Å². The summed E-state index contributed by atoms with van der Waals surface area (Å²) < 4.78 is 39.2. The third-order valence-corrected chi connectivity index (χ3v) is 3.18. The zero-order chi connectivity index (χ0) is 12.0. The summed E-state index contributed by atoms with van der Waals surface area (Å²) in [4.78, 5) is 2.01. The zero-order valence-corrected chi connectivity index (χ0v) is 9.86. The van der Waals surface area contributed by atoms with Crippen LogP contribution in [-0.4, -0.2) is 42.9 Å². The molecular formula is C10H17ClF3NO. The minimum atomic E-state index is -4.53. The van der Waals surface area contributed by atoms with E-state index in [1.54, 1.807) is 0 Å². The Morgan fingerprint density at radius 2 is 2.00 bits per heavy atom. The van der Waals surface area contributed by atoms with E-state index >= 15 is 0 Å². The quantitative estimate of drug-likeness (QED) is 0.720. The summed E-state index contributed by atoms with van der Waals surface area (Å²) >= 11 is 5.81. The molecule has 0 spiro atoms. The second kappa shape index (κ2) is 6.67. The molecule has 0 aromatic rings. The van der Waals surface area contributed by atoms with Crippen LogP contribution in [0.15, 0.2) is 0 Å². The number of hydrogen-bond donors (Lipinski definition) is 0. The molecule has 1 unspecified atom stereocenters. The molecule has 0 bridgehead atoms. The van der Waals surface area contributed by atoms with E-state index in [1.807, 2.05) is 4.90 Å². The molecule has 1 fully saturated rings. The molecule has 0 aliphatic carbocycles. The van der Waals surface area contributed by atoms with Gasteiger partial charge in [-0.05, 0) is 19.4 Å². The van der Waals surface area contributed by atoms with Crippen LogP contribution in [0.25, 0.3) is 0 Å². The molecule has 1 aliphatic rings. The number of nitrogens with zero attached hydrogens (tertiary/aromatic N) is 1. The maximum absolute atomic E-state index is 11.8. The van der Waals surface area contributed by atoms with E-state index in [-0.39, 0.29) is 12.6 Å². The Hall–Kier alpha value is 0. The van der Waals surface area contributed by atoms with Crippen LogP contribution in [0.4, 0.5) is 13.2 Å². The molecule has 1 rings (SSSR count). The molecule has 0 saturated carbocycles. The fraction of sp³-hybridized carbons (Fsp3) is 1.00. The van der Waals surface area contributed by atoms with Gasteiger partial charge in [0.05, 0.1) is 6.61 Å². The van der Waals surface area contributed by atoms with Crippen molar-refractivity contribution >= 4 is 11.6 Å². The lowest BCUT2D eigenvalue weighted by atomic mass is 10.1. The van der Waals surface area contributed by atoms with Crippen LogP contribution in [0.3, 0.4) is 0 Å². The maximum Gasteiger partial charge on any atom is 0.522 e. The van der Waals surface area contributed by atoms with Gasteiger partial charge in [-0.1, -0.05) is 12.8 Å². The highest BCUT2D eigenvalue weighted by atomic mass is 35.5. The van der Waals surface area contributed by atoms with E-state index in [0.717, 1.165) is 32.2 Å². The number of rotatable bonds is 4. The van der Waals surface area contributed by atoms with Crippen LogP contribution in [0.5, 0.6) is 0 Å².